The molecule has 3 unspecified atom stereocenters. The van der Waals surface area contributed by atoms with Crippen LogP contribution in [-0.2, 0) is 6.54 Å². The topological polar surface area (TPSA) is 12.0 Å². The van der Waals surface area contributed by atoms with Crippen molar-refractivity contribution < 1.29 is 0 Å². The van der Waals surface area contributed by atoms with Crippen molar-refractivity contribution in [3.05, 3.63) is 35.4 Å². The molecule has 2 saturated carbocycles. The minimum Gasteiger partial charge on any atom is -0.310 e. The summed E-state index contributed by atoms with van der Waals surface area (Å²) in [6, 6.07) is 10.0. The molecule has 1 heteroatoms. The summed E-state index contributed by atoms with van der Waals surface area (Å²) in [4.78, 5) is 0. The zero-order chi connectivity index (χ0) is 13.2. The largest absolute Gasteiger partial charge is 0.310 e. The first-order valence-corrected chi connectivity index (χ1v) is 8.10. The molecule has 0 amide bonds. The molecule has 0 aliphatic heterocycles. The Bertz CT molecular complexity index is 404. The highest BCUT2D eigenvalue weighted by molar-refractivity contribution is 5.28. The van der Waals surface area contributed by atoms with Gasteiger partial charge < -0.3 is 5.32 Å². The van der Waals surface area contributed by atoms with Gasteiger partial charge >= 0.3 is 0 Å². The average Bonchev–Trinajstić information content (AvgIpc) is 3.22. The van der Waals surface area contributed by atoms with Gasteiger partial charge in [0.25, 0.3) is 0 Å². The fraction of sp³-hybridized carbons (Fsp3) is 0.667. The van der Waals surface area contributed by atoms with Crippen LogP contribution in [0.15, 0.2) is 24.3 Å². The molecule has 3 atom stereocenters. The van der Waals surface area contributed by atoms with E-state index >= 15 is 0 Å². The summed E-state index contributed by atoms with van der Waals surface area (Å²) in [5, 5.41) is 3.78. The van der Waals surface area contributed by atoms with E-state index in [1.54, 1.807) is 5.56 Å². The van der Waals surface area contributed by atoms with Crippen LogP contribution in [0.1, 0.15) is 63.0 Å². The molecule has 2 fully saturated rings. The van der Waals surface area contributed by atoms with Crippen LogP contribution >= 0.6 is 0 Å². The highest BCUT2D eigenvalue weighted by Crippen LogP contribution is 2.40. The summed E-state index contributed by atoms with van der Waals surface area (Å²) < 4.78 is 0. The van der Waals surface area contributed by atoms with Gasteiger partial charge in [-0.2, -0.15) is 0 Å². The fourth-order valence-corrected chi connectivity index (χ4v) is 3.69. The Morgan fingerprint density at radius 2 is 1.79 bits per heavy atom. The normalized spacial score (nSPS) is 30.7. The zero-order valence-corrected chi connectivity index (χ0v) is 12.4. The van der Waals surface area contributed by atoms with Crippen LogP contribution in [0.3, 0.4) is 0 Å². The quantitative estimate of drug-likeness (QED) is 0.820. The second kappa shape index (κ2) is 5.66. The lowest BCUT2D eigenvalue weighted by Gasteiger charge is -2.21. The molecule has 0 aromatic heterocycles. The van der Waals surface area contributed by atoms with E-state index in [0.717, 1.165) is 30.3 Å². The van der Waals surface area contributed by atoms with E-state index in [9.17, 15) is 0 Å². The molecular formula is C18H27N. The number of hydrogen-bond acceptors (Lipinski definition) is 1. The number of nitrogens with one attached hydrogen (secondary N) is 1. The monoisotopic (exact) mass is 257 g/mol. The highest BCUT2D eigenvalue weighted by Gasteiger charge is 2.30. The molecule has 0 saturated heterocycles. The van der Waals surface area contributed by atoms with Gasteiger partial charge in [-0.1, -0.05) is 44.5 Å². The Balaban J connectivity index is 1.51. The average molecular weight is 257 g/mol. The zero-order valence-electron chi connectivity index (χ0n) is 12.4. The second-order valence-electron chi connectivity index (χ2n) is 6.61. The van der Waals surface area contributed by atoms with Gasteiger partial charge in [-0.15, -0.1) is 0 Å². The first-order valence-electron chi connectivity index (χ1n) is 8.10. The molecule has 3 rings (SSSR count). The van der Waals surface area contributed by atoms with Crippen molar-refractivity contribution in [1.82, 2.24) is 5.32 Å². The summed E-state index contributed by atoms with van der Waals surface area (Å²) in [6.07, 6.45) is 6.91. The third-order valence-electron chi connectivity index (χ3n) is 5.35. The molecule has 0 bridgehead atoms. The lowest BCUT2D eigenvalue weighted by molar-refractivity contribution is 0.344. The maximum atomic E-state index is 3.78. The van der Waals surface area contributed by atoms with E-state index in [4.69, 9.17) is 0 Å². The molecular weight excluding hydrogens is 230 g/mol. The van der Waals surface area contributed by atoms with Gasteiger partial charge in [0.2, 0.25) is 0 Å². The van der Waals surface area contributed by atoms with Crippen LogP contribution in [-0.4, -0.2) is 6.04 Å². The Hall–Kier alpha value is -0.820. The van der Waals surface area contributed by atoms with Crippen LogP contribution < -0.4 is 5.32 Å². The van der Waals surface area contributed by atoms with Gasteiger partial charge in [0.1, 0.15) is 0 Å². The van der Waals surface area contributed by atoms with Crippen molar-refractivity contribution in [2.24, 2.45) is 11.8 Å². The smallest absolute Gasteiger partial charge is 0.0208 e. The third-order valence-corrected chi connectivity index (χ3v) is 5.35. The molecule has 2 aliphatic rings. The molecule has 1 N–H and O–H groups in total. The number of hydrogen-bond donors (Lipinski definition) is 1. The lowest BCUT2D eigenvalue weighted by Crippen LogP contribution is -2.32. The van der Waals surface area contributed by atoms with Crippen molar-refractivity contribution in [3.8, 4) is 0 Å². The molecule has 1 nitrogen and oxygen atoms in total. The first kappa shape index (κ1) is 13.2. The van der Waals surface area contributed by atoms with E-state index in [0.29, 0.717) is 0 Å². The first-order chi connectivity index (χ1) is 9.28. The minimum absolute atomic E-state index is 0.730. The van der Waals surface area contributed by atoms with Crippen LogP contribution in [0.25, 0.3) is 0 Å². The van der Waals surface area contributed by atoms with Crippen molar-refractivity contribution in [2.45, 2.75) is 64.5 Å². The van der Waals surface area contributed by atoms with Crippen LogP contribution in [0.5, 0.6) is 0 Å². The van der Waals surface area contributed by atoms with Crippen LogP contribution in [0.4, 0.5) is 0 Å². The number of benzene rings is 1. The van der Waals surface area contributed by atoms with Crippen molar-refractivity contribution in [2.75, 3.05) is 0 Å². The van der Waals surface area contributed by atoms with E-state index in [-0.39, 0.29) is 0 Å². The van der Waals surface area contributed by atoms with Gasteiger partial charge in [0.15, 0.2) is 0 Å². The minimum atomic E-state index is 0.730. The van der Waals surface area contributed by atoms with Gasteiger partial charge in [-0.25, -0.2) is 0 Å². The van der Waals surface area contributed by atoms with Crippen molar-refractivity contribution in [3.63, 3.8) is 0 Å². The molecule has 1 aromatic carbocycles. The maximum absolute atomic E-state index is 3.78. The van der Waals surface area contributed by atoms with E-state index in [1.165, 1.54) is 37.7 Å². The molecule has 1 aromatic rings. The fourth-order valence-electron chi connectivity index (χ4n) is 3.69. The van der Waals surface area contributed by atoms with Gasteiger partial charge in [-0.3, -0.25) is 0 Å². The predicted octanol–water partition coefficient (Wildman–Crippen LogP) is 4.48. The third kappa shape index (κ3) is 3.02. The van der Waals surface area contributed by atoms with Gasteiger partial charge in [0, 0.05) is 12.6 Å². The van der Waals surface area contributed by atoms with Crippen LogP contribution in [0.2, 0.25) is 0 Å². The second-order valence-corrected chi connectivity index (χ2v) is 6.61. The van der Waals surface area contributed by atoms with E-state index < -0.39 is 0 Å². The Morgan fingerprint density at radius 3 is 2.37 bits per heavy atom. The highest BCUT2D eigenvalue weighted by atomic mass is 14.9. The van der Waals surface area contributed by atoms with Crippen LogP contribution in [0, 0.1) is 11.8 Å². The molecule has 0 radical (unpaired) electrons. The molecule has 2 aliphatic carbocycles. The van der Waals surface area contributed by atoms with Gasteiger partial charge in [-0.05, 0) is 54.6 Å². The van der Waals surface area contributed by atoms with Crippen molar-refractivity contribution in [1.29, 1.82) is 0 Å². The molecule has 0 heterocycles. The SMILES string of the molecule is CCC1CCC(NCc2ccc(C3CC3)cc2)C1C. The van der Waals surface area contributed by atoms with E-state index in [1.807, 2.05) is 0 Å². The Labute approximate surface area is 117 Å². The molecule has 104 valence electrons. The standard InChI is InChI=1S/C18H27N/c1-3-15-10-11-18(13(15)2)19-12-14-4-6-16(7-5-14)17-8-9-17/h4-7,13,15,17-19H,3,8-12H2,1-2H3. The summed E-state index contributed by atoms with van der Waals surface area (Å²) in [5.74, 6) is 2.66. The molecule has 0 spiro atoms. The lowest BCUT2D eigenvalue weighted by atomic mass is 9.93. The van der Waals surface area contributed by atoms with E-state index in [2.05, 4.69) is 43.4 Å². The Morgan fingerprint density at radius 1 is 1.05 bits per heavy atom. The summed E-state index contributed by atoms with van der Waals surface area (Å²) in [5.41, 5.74) is 2.99. The molecule has 19 heavy (non-hydrogen) atoms. The predicted molar refractivity (Wildman–Crippen MR) is 81.2 cm³/mol. The van der Waals surface area contributed by atoms with Gasteiger partial charge in [0.05, 0.1) is 0 Å². The summed E-state index contributed by atoms with van der Waals surface area (Å²) >= 11 is 0. The summed E-state index contributed by atoms with van der Waals surface area (Å²) in [6.45, 7) is 5.80. The number of rotatable bonds is 5. The summed E-state index contributed by atoms with van der Waals surface area (Å²) in [7, 11) is 0. The van der Waals surface area contributed by atoms with Crippen molar-refractivity contribution >= 4 is 0 Å². The maximum Gasteiger partial charge on any atom is 0.0208 e. The Kier molecular flexibility index (Phi) is 3.93.